The number of pyridine rings is 1. The van der Waals surface area contributed by atoms with E-state index in [-0.39, 0.29) is 5.82 Å². The molecule has 2 rings (SSSR count). The first-order valence-electron chi connectivity index (χ1n) is 6.90. The molecular weight excluding hydrogens is 243 g/mol. The molecule has 1 aliphatic heterocycles. The lowest BCUT2D eigenvalue weighted by Crippen LogP contribution is -2.51. The molecule has 0 aromatic carbocycles. The Morgan fingerprint density at radius 2 is 2.26 bits per heavy atom. The second-order valence-electron chi connectivity index (χ2n) is 5.13. The summed E-state index contributed by atoms with van der Waals surface area (Å²) in [6, 6.07) is 2.21. The van der Waals surface area contributed by atoms with E-state index in [1.165, 1.54) is 0 Å². The number of aromatic nitrogens is 1. The number of halogens is 1. The molecule has 0 aliphatic carbocycles. The van der Waals surface area contributed by atoms with Crippen LogP contribution in [0.25, 0.3) is 0 Å². The maximum Gasteiger partial charge on any atom is 0.170 e. The number of hydrogen-bond acceptors (Lipinski definition) is 4. The number of rotatable bonds is 4. The monoisotopic (exact) mass is 266 g/mol. The van der Waals surface area contributed by atoms with Crippen LogP contribution in [-0.2, 0) is 6.54 Å². The molecule has 1 saturated heterocycles. The third-order valence-corrected chi connectivity index (χ3v) is 3.87. The van der Waals surface area contributed by atoms with Gasteiger partial charge in [-0.3, -0.25) is 4.90 Å². The van der Waals surface area contributed by atoms with Gasteiger partial charge in [-0.05, 0) is 26.6 Å². The van der Waals surface area contributed by atoms with Crippen LogP contribution in [0.1, 0.15) is 18.9 Å². The Hall–Kier alpha value is -1.20. The minimum Gasteiger partial charge on any atom is -0.351 e. The van der Waals surface area contributed by atoms with Crippen LogP contribution >= 0.6 is 0 Å². The quantitative estimate of drug-likeness (QED) is 0.894. The minimum atomic E-state index is -0.184. The van der Waals surface area contributed by atoms with Gasteiger partial charge in [0.25, 0.3) is 0 Å². The Labute approximate surface area is 114 Å². The fourth-order valence-corrected chi connectivity index (χ4v) is 2.60. The number of hydrogen-bond donors (Lipinski definition) is 1. The summed E-state index contributed by atoms with van der Waals surface area (Å²) < 4.78 is 14.4. The average molecular weight is 266 g/mol. The largest absolute Gasteiger partial charge is 0.351 e. The van der Waals surface area contributed by atoms with Gasteiger partial charge in [-0.25, -0.2) is 9.37 Å². The average Bonchev–Trinajstić information content (AvgIpc) is 2.42. The van der Waals surface area contributed by atoms with Crippen LogP contribution in [0, 0.1) is 5.82 Å². The number of nitrogens with one attached hydrogen (secondary N) is 1. The first-order valence-corrected chi connectivity index (χ1v) is 6.90. The molecule has 0 saturated carbocycles. The van der Waals surface area contributed by atoms with Crippen LogP contribution < -0.4 is 10.2 Å². The topological polar surface area (TPSA) is 31.4 Å². The molecule has 19 heavy (non-hydrogen) atoms. The minimum absolute atomic E-state index is 0.184. The summed E-state index contributed by atoms with van der Waals surface area (Å²) in [5.41, 5.74) is 0.680. The molecule has 106 valence electrons. The highest BCUT2D eigenvalue weighted by molar-refractivity contribution is 5.44. The van der Waals surface area contributed by atoms with E-state index in [4.69, 9.17) is 0 Å². The smallest absolute Gasteiger partial charge is 0.170 e. The molecule has 1 N–H and O–H groups in total. The van der Waals surface area contributed by atoms with Crippen molar-refractivity contribution in [2.45, 2.75) is 25.9 Å². The molecule has 1 aromatic rings. The lowest BCUT2D eigenvalue weighted by Gasteiger charge is -2.39. The van der Waals surface area contributed by atoms with Crippen LogP contribution in [0.15, 0.2) is 12.3 Å². The zero-order chi connectivity index (χ0) is 13.8. The molecule has 2 heterocycles. The van der Waals surface area contributed by atoms with Crippen molar-refractivity contribution in [1.29, 1.82) is 0 Å². The number of likely N-dealkylation sites (N-methyl/N-ethyl adjacent to an activating group) is 1. The molecule has 1 aromatic heterocycles. The number of piperazine rings is 1. The van der Waals surface area contributed by atoms with E-state index >= 15 is 0 Å². The number of anilines is 1. The molecule has 0 spiro atoms. The predicted octanol–water partition coefficient (Wildman–Crippen LogP) is 1.47. The highest BCUT2D eigenvalue weighted by Crippen LogP contribution is 2.22. The van der Waals surface area contributed by atoms with Gasteiger partial charge in [0.1, 0.15) is 0 Å². The van der Waals surface area contributed by atoms with E-state index in [0.717, 1.165) is 26.1 Å². The van der Waals surface area contributed by atoms with E-state index in [2.05, 4.69) is 34.1 Å². The lowest BCUT2D eigenvalue weighted by molar-refractivity contribution is 0.212. The molecule has 1 fully saturated rings. The first kappa shape index (κ1) is 14.2. The standard InChI is InChI=1S/C14H23FN4/c1-4-12-10-19(8-7-18(12)3)14-13(15)11(9-16-2)5-6-17-14/h5-6,12,16H,4,7-10H2,1-3H3. The van der Waals surface area contributed by atoms with Gasteiger partial charge in [-0.1, -0.05) is 6.92 Å². The van der Waals surface area contributed by atoms with Crippen LogP contribution in [-0.4, -0.2) is 49.7 Å². The molecule has 0 amide bonds. The molecule has 4 nitrogen and oxygen atoms in total. The van der Waals surface area contributed by atoms with E-state index in [1.54, 1.807) is 12.3 Å². The van der Waals surface area contributed by atoms with Gasteiger partial charge in [0.05, 0.1) is 0 Å². The van der Waals surface area contributed by atoms with Crippen LogP contribution in [0.4, 0.5) is 10.2 Å². The van der Waals surface area contributed by atoms with Crippen molar-refractivity contribution in [1.82, 2.24) is 15.2 Å². The fourth-order valence-electron chi connectivity index (χ4n) is 2.60. The van der Waals surface area contributed by atoms with Gasteiger partial charge < -0.3 is 10.2 Å². The van der Waals surface area contributed by atoms with Crippen molar-refractivity contribution in [2.24, 2.45) is 0 Å². The van der Waals surface area contributed by atoms with E-state index < -0.39 is 0 Å². The van der Waals surface area contributed by atoms with Gasteiger partial charge >= 0.3 is 0 Å². The number of nitrogens with zero attached hydrogens (tertiary/aromatic N) is 3. The van der Waals surface area contributed by atoms with Gasteiger partial charge in [0.15, 0.2) is 11.6 Å². The van der Waals surface area contributed by atoms with E-state index in [0.29, 0.717) is 24.0 Å². The zero-order valence-corrected chi connectivity index (χ0v) is 12.0. The van der Waals surface area contributed by atoms with Crippen LogP contribution in [0.5, 0.6) is 0 Å². The van der Waals surface area contributed by atoms with Crippen molar-refractivity contribution >= 4 is 5.82 Å². The van der Waals surface area contributed by atoms with Crippen molar-refractivity contribution in [2.75, 3.05) is 38.6 Å². The van der Waals surface area contributed by atoms with Crippen molar-refractivity contribution < 1.29 is 4.39 Å². The molecule has 1 atom stereocenters. The molecular formula is C14H23FN4. The molecule has 0 radical (unpaired) electrons. The second-order valence-corrected chi connectivity index (χ2v) is 5.13. The zero-order valence-electron chi connectivity index (χ0n) is 12.0. The third kappa shape index (κ3) is 3.04. The fraction of sp³-hybridized carbons (Fsp3) is 0.643. The van der Waals surface area contributed by atoms with Crippen molar-refractivity contribution in [3.63, 3.8) is 0 Å². The van der Waals surface area contributed by atoms with Gasteiger partial charge in [-0.15, -0.1) is 0 Å². The van der Waals surface area contributed by atoms with Gasteiger partial charge in [0.2, 0.25) is 0 Å². The summed E-state index contributed by atoms with van der Waals surface area (Å²) in [6.07, 6.45) is 2.77. The van der Waals surface area contributed by atoms with Crippen LogP contribution in [0.2, 0.25) is 0 Å². The molecule has 0 bridgehead atoms. The Bertz CT molecular complexity index is 424. The Kier molecular flexibility index (Phi) is 4.71. The van der Waals surface area contributed by atoms with Gasteiger partial charge in [-0.2, -0.15) is 0 Å². The first-order chi connectivity index (χ1) is 9.17. The van der Waals surface area contributed by atoms with E-state index in [1.807, 2.05) is 7.05 Å². The molecule has 1 unspecified atom stereocenters. The maximum absolute atomic E-state index is 14.4. The van der Waals surface area contributed by atoms with Crippen molar-refractivity contribution in [3.8, 4) is 0 Å². The second kappa shape index (κ2) is 6.30. The summed E-state index contributed by atoms with van der Waals surface area (Å²) in [4.78, 5) is 8.65. The molecule has 1 aliphatic rings. The predicted molar refractivity (Wildman–Crippen MR) is 75.9 cm³/mol. The van der Waals surface area contributed by atoms with Crippen molar-refractivity contribution in [3.05, 3.63) is 23.6 Å². The third-order valence-electron chi connectivity index (χ3n) is 3.87. The SMILES string of the molecule is CCC1CN(c2nccc(CNC)c2F)CCN1C. The Balaban J connectivity index is 2.20. The van der Waals surface area contributed by atoms with Gasteiger partial charge in [0, 0.05) is 44.0 Å². The van der Waals surface area contributed by atoms with Crippen LogP contribution in [0.3, 0.4) is 0 Å². The lowest BCUT2D eigenvalue weighted by atomic mass is 10.1. The Morgan fingerprint density at radius 3 is 2.95 bits per heavy atom. The summed E-state index contributed by atoms with van der Waals surface area (Å²) in [6.45, 7) is 5.34. The maximum atomic E-state index is 14.4. The summed E-state index contributed by atoms with van der Waals surface area (Å²) in [5, 5.41) is 2.99. The molecule has 5 heteroatoms. The summed E-state index contributed by atoms with van der Waals surface area (Å²) >= 11 is 0. The Morgan fingerprint density at radius 1 is 1.47 bits per heavy atom. The summed E-state index contributed by atoms with van der Waals surface area (Å²) in [7, 11) is 3.95. The highest BCUT2D eigenvalue weighted by Gasteiger charge is 2.26. The van der Waals surface area contributed by atoms with E-state index in [9.17, 15) is 4.39 Å². The highest BCUT2D eigenvalue weighted by atomic mass is 19.1. The summed E-state index contributed by atoms with van der Waals surface area (Å²) in [5.74, 6) is 0.315. The normalized spacial score (nSPS) is 20.8.